The number of aromatic nitrogens is 2. The lowest BCUT2D eigenvalue weighted by Crippen LogP contribution is -2.34. The minimum atomic E-state index is 0.743. The van der Waals surface area contributed by atoms with Crippen LogP contribution in [0.25, 0.3) is 0 Å². The van der Waals surface area contributed by atoms with Crippen LogP contribution >= 0.6 is 0 Å². The highest BCUT2D eigenvalue weighted by Gasteiger charge is 2.17. The third-order valence-corrected chi connectivity index (χ3v) is 4.19. The quantitative estimate of drug-likeness (QED) is 0.935. The maximum Gasteiger partial charge on any atom is 0.134 e. The van der Waals surface area contributed by atoms with E-state index in [1.165, 1.54) is 24.0 Å². The fourth-order valence-electron chi connectivity index (χ4n) is 3.03. The maximum absolute atomic E-state index is 4.44. The minimum absolute atomic E-state index is 0.743. The summed E-state index contributed by atoms with van der Waals surface area (Å²) >= 11 is 0. The molecule has 22 heavy (non-hydrogen) atoms. The van der Waals surface area contributed by atoms with E-state index in [0.29, 0.717) is 0 Å². The lowest BCUT2D eigenvalue weighted by Gasteiger charge is -2.31. The van der Waals surface area contributed by atoms with Crippen LogP contribution in [0.2, 0.25) is 0 Å². The van der Waals surface area contributed by atoms with E-state index in [-0.39, 0.29) is 0 Å². The average Bonchev–Trinajstić information content (AvgIpc) is 2.53. The molecule has 1 unspecified atom stereocenters. The highest BCUT2D eigenvalue weighted by molar-refractivity contribution is 5.49. The van der Waals surface area contributed by atoms with Gasteiger partial charge in [0, 0.05) is 25.7 Å². The van der Waals surface area contributed by atoms with Crippen LogP contribution in [0.15, 0.2) is 36.7 Å². The van der Waals surface area contributed by atoms with Gasteiger partial charge in [0.1, 0.15) is 18.0 Å². The number of hydrogen-bond acceptors (Lipinski definition) is 4. The van der Waals surface area contributed by atoms with Gasteiger partial charge in [-0.3, -0.25) is 0 Å². The Bertz CT molecular complexity index is 626. The number of rotatable bonds is 4. The molecule has 2 aromatic rings. The predicted octanol–water partition coefficient (Wildman–Crippen LogP) is 3.63. The molecule has 1 fully saturated rings. The molecule has 1 atom stereocenters. The average molecular weight is 296 g/mol. The Balaban J connectivity index is 1.66. The van der Waals surface area contributed by atoms with Gasteiger partial charge in [0.25, 0.3) is 0 Å². The molecule has 116 valence electrons. The summed E-state index contributed by atoms with van der Waals surface area (Å²) in [5.41, 5.74) is 2.55. The van der Waals surface area contributed by atoms with Gasteiger partial charge < -0.3 is 10.2 Å². The van der Waals surface area contributed by atoms with Crippen molar-refractivity contribution in [3.8, 4) is 0 Å². The molecule has 0 saturated carbocycles. The Morgan fingerprint density at radius 3 is 3.00 bits per heavy atom. The Morgan fingerprint density at radius 1 is 1.27 bits per heavy atom. The molecular formula is C18H24N4. The normalized spacial score (nSPS) is 18.3. The first-order valence-corrected chi connectivity index (χ1v) is 8.07. The zero-order chi connectivity index (χ0) is 15.4. The van der Waals surface area contributed by atoms with Crippen molar-refractivity contribution in [1.29, 1.82) is 0 Å². The van der Waals surface area contributed by atoms with E-state index in [1.807, 2.05) is 0 Å². The molecule has 0 amide bonds. The van der Waals surface area contributed by atoms with Gasteiger partial charge in [-0.15, -0.1) is 0 Å². The van der Waals surface area contributed by atoms with Gasteiger partial charge in [0.15, 0.2) is 0 Å². The number of aryl methyl sites for hydroxylation is 1. The number of benzene rings is 1. The lowest BCUT2D eigenvalue weighted by atomic mass is 10.0. The van der Waals surface area contributed by atoms with Gasteiger partial charge in [-0.1, -0.05) is 36.8 Å². The van der Waals surface area contributed by atoms with Crippen LogP contribution in [0, 0.1) is 12.8 Å². The molecule has 0 spiro atoms. The van der Waals surface area contributed by atoms with Crippen LogP contribution in [-0.2, 0) is 6.54 Å². The van der Waals surface area contributed by atoms with Crippen LogP contribution in [0.5, 0.6) is 0 Å². The summed E-state index contributed by atoms with van der Waals surface area (Å²) in [6.45, 7) is 7.40. The second-order valence-corrected chi connectivity index (χ2v) is 6.30. The summed E-state index contributed by atoms with van der Waals surface area (Å²) in [7, 11) is 0. The Morgan fingerprint density at radius 2 is 2.18 bits per heavy atom. The number of hydrogen-bond donors (Lipinski definition) is 1. The molecular weight excluding hydrogens is 272 g/mol. The lowest BCUT2D eigenvalue weighted by molar-refractivity contribution is 0.444. The van der Waals surface area contributed by atoms with Crippen LogP contribution < -0.4 is 10.2 Å². The standard InChI is InChI=1S/C18H24N4/c1-14-5-3-7-16(9-14)11-19-17-10-18(21-13-20-17)22-8-4-6-15(2)12-22/h3,5,7,9-10,13,15H,4,6,8,11-12H2,1-2H3,(H,19,20,21). The highest BCUT2D eigenvalue weighted by Crippen LogP contribution is 2.22. The monoisotopic (exact) mass is 296 g/mol. The van der Waals surface area contributed by atoms with E-state index in [2.05, 4.69) is 64.4 Å². The Kier molecular flexibility index (Phi) is 4.56. The van der Waals surface area contributed by atoms with Gasteiger partial charge in [-0.05, 0) is 31.2 Å². The summed E-state index contributed by atoms with van der Waals surface area (Å²) in [5, 5.41) is 3.40. The summed E-state index contributed by atoms with van der Waals surface area (Å²) < 4.78 is 0. The predicted molar refractivity (Wildman–Crippen MR) is 91.1 cm³/mol. The number of nitrogens with zero attached hydrogens (tertiary/aromatic N) is 3. The van der Waals surface area contributed by atoms with Crippen molar-refractivity contribution in [1.82, 2.24) is 9.97 Å². The largest absolute Gasteiger partial charge is 0.366 e. The van der Waals surface area contributed by atoms with E-state index in [4.69, 9.17) is 0 Å². The molecule has 4 nitrogen and oxygen atoms in total. The van der Waals surface area contributed by atoms with Crippen LogP contribution in [0.3, 0.4) is 0 Å². The van der Waals surface area contributed by atoms with E-state index in [9.17, 15) is 0 Å². The van der Waals surface area contributed by atoms with Crippen molar-refractivity contribution in [2.75, 3.05) is 23.3 Å². The first-order chi connectivity index (χ1) is 10.7. The molecule has 1 N–H and O–H groups in total. The highest BCUT2D eigenvalue weighted by atomic mass is 15.2. The SMILES string of the molecule is Cc1cccc(CNc2cc(N3CCCC(C)C3)ncn2)c1. The van der Waals surface area contributed by atoms with Crippen LogP contribution in [0.4, 0.5) is 11.6 Å². The fourth-order valence-corrected chi connectivity index (χ4v) is 3.03. The molecule has 1 aromatic carbocycles. The summed E-state index contributed by atoms with van der Waals surface area (Å²) in [5.74, 6) is 2.67. The van der Waals surface area contributed by atoms with E-state index in [0.717, 1.165) is 37.2 Å². The van der Waals surface area contributed by atoms with Gasteiger partial charge in [-0.2, -0.15) is 0 Å². The second-order valence-electron chi connectivity index (χ2n) is 6.30. The van der Waals surface area contributed by atoms with Crippen molar-refractivity contribution >= 4 is 11.6 Å². The molecule has 1 aliphatic rings. The van der Waals surface area contributed by atoms with Crippen molar-refractivity contribution in [3.05, 3.63) is 47.8 Å². The van der Waals surface area contributed by atoms with E-state index < -0.39 is 0 Å². The first kappa shape index (κ1) is 14.8. The molecule has 2 heterocycles. The number of anilines is 2. The van der Waals surface area contributed by atoms with Gasteiger partial charge >= 0.3 is 0 Å². The van der Waals surface area contributed by atoms with Crippen molar-refractivity contribution < 1.29 is 0 Å². The van der Waals surface area contributed by atoms with Crippen molar-refractivity contribution in [2.45, 2.75) is 33.2 Å². The van der Waals surface area contributed by atoms with Gasteiger partial charge in [-0.25, -0.2) is 9.97 Å². The smallest absolute Gasteiger partial charge is 0.134 e. The molecule has 1 aliphatic heterocycles. The van der Waals surface area contributed by atoms with Gasteiger partial charge in [0.05, 0.1) is 0 Å². The molecule has 0 radical (unpaired) electrons. The third-order valence-electron chi connectivity index (χ3n) is 4.19. The second kappa shape index (κ2) is 6.77. The van der Waals surface area contributed by atoms with E-state index in [1.54, 1.807) is 6.33 Å². The third kappa shape index (κ3) is 3.75. The summed E-state index contributed by atoms with van der Waals surface area (Å²) in [6, 6.07) is 10.6. The summed E-state index contributed by atoms with van der Waals surface area (Å²) in [4.78, 5) is 11.2. The molecule has 4 heteroatoms. The minimum Gasteiger partial charge on any atom is -0.366 e. The topological polar surface area (TPSA) is 41.0 Å². The zero-order valence-corrected chi connectivity index (χ0v) is 13.4. The molecule has 0 bridgehead atoms. The van der Waals surface area contributed by atoms with Crippen molar-refractivity contribution in [3.63, 3.8) is 0 Å². The summed E-state index contributed by atoms with van der Waals surface area (Å²) in [6.07, 6.45) is 4.23. The Hall–Kier alpha value is -2.10. The number of piperidine rings is 1. The van der Waals surface area contributed by atoms with Gasteiger partial charge in [0.2, 0.25) is 0 Å². The molecule has 0 aliphatic carbocycles. The maximum atomic E-state index is 4.44. The fraction of sp³-hybridized carbons (Fsp3) is 0.444. The Labute approximate surface area is 132 Å². The first-order valence-electron chi connectivity index (χ1n) is 8.07. The molecule has 1 saturated heterocycles. The van der Waals surface area contributed by atoms with E-state index >= 15 is 0 Å². The zero-order valence-electron chi connectivity index (χ0n) is 13.4. The number of nitrogens with one attached hydrogen (secondary N) is 1. The molecule has 1 aromatic heterocycles. The van der Waals surface area contributed by atoms with Crippen LogP contribution in [0.1, 0.15) is 30.9 Å². The van der Waals surface area contributed by atoms with Crippen molar-refractivity contribution in [2.24, 2.45) is 5.92 Å². The molecule has 3 rings (SSSR count). The van der Waals surface area contributed by atoms with Crippen LogP contribution in [-0.4, -0.2) is 23.1 Å².